The first-order chi connectivity index (χ1) is 13.1. The number of aromatic nitrogens is 1. The Bertz CT molecular complexity index is 928. The summed E-state index contributed by atoms with van der Waals surface area (Å²) < 4.78 is 26.9. The number of pyridine rings is 1. The number of benzene rings is 2. The fourth-order valence-electron chi connectivity index (χ4n) is 2.91. The van der Waals surface area contributed by atoms with Crippen molar-refractivity contribution < 1.29 is 13.6 Å². The molecule has 0 radical (unpaired) electrons. The summed E-state index contributed by atoms with van der Waals surface area (Å²) in [5.41, 5.74) is 2.32. The average molecular weight is 369 g/mol. The largest absolute Gasteiger partial charge is 0.351 e. The van der Waals surface area contributed by atoms with E-state index in [2.05, 4.69) is 10.3 Å². The van der Waals surface area contributed by atoms with Gasteiger partial charge < -0.3 is 5.32 Å². The van der Waals surface area contributed by atoms with Crippen LogP contribution < -0.4 is 5.32 Å². The van der Waals surface area contributed by atoms with Crippen molar-refractivity contribution in [1.82, 2.24) is 15.2 Å². The molecule has 0 atom stereocenters. The summed E-state index contributed by atoms with van der Waals surface area (Å²) in [4.78, 5) is 18.5. The molecule has 0 saturated carbocycles. The molecule has 2 aromatic carbocycles. The fourth-order valence-corrected chi connectivity index (χ4v) is 2.91. The first kappa shape index (κ1) is 18.9. The third-order valence-corrected chi connectivity index (χ3v) is 4.41. The lowest BCUT2D eigenvalue weighted by Crippen LogP contribution is -2.36. The van der Waals surface area contributed by atoms with Crippen LogP contribution in [0.1, 0.15) is 18.1 Å². The lowest BCUT2D eigenvalue weighted by molar-refractivity contribution is -0.122. The van der Waals surface area contributed by atoms with Gasteiger partial charge >= 0.3 is 0 Å². The van der Waals surface area contributed by atoms with Crippen LogP contribution in [-0.4, -0.2) is 28.9 Å². The Morgan fingerprint density at radius 1 is 1.11 bits per heavy atom. The van der Waals surface area contributed by atoms with E-state index in [1.807, 2.05) is 11.8 Å². The lowest BCUT2D eigenvalue weighted by Gasteiger charge is -2.20. The van der Waals surface area contributed by atoms with Crippen LogP contribution in [0.25, 0.3) is 10.9 Å². The van der Waals surface area contributed by atoms with Gasteiger partial charge in [-0.25, -0.2) is 8.78 Å². The number of hydrogen-bond donors (Lipinski definition) is 1. The first-order valence-electron chi connectivity index (χ1n) is 8.82. The number of nitrogens with one attached hydrogen (secondary N) is 1. The van der Waals surface area contributed by atoms with Crippen molar-refractivity contribution in [2.75, 3.05) is 13.1 Å². The highest BCUT2D eigenvalue weighted by atomic mass is 19.1. The lowest BCUT2D eigenvalue weighted by atomic mass is 10.1. The van der Waals surface area contributed by atoms with Gasteiger partial charge in [0.2, 0.25) is 5.91 Å². The van der Waals surface area contributed by atoms with Crippen LogP contribution in [0.5, 0.6) is 0 Å². The highest BCUT2D eigenvalue weighted by Crippen LogP contribution is 2.20. The molecule has 0 aliphatic carbocycles. The van der Waals surface area contributed by atoms with Gasteiger partial charge in [-0.05, 0) is 48.0 Å². The zero-order valence-electron chi connectivity index (χ0n) is 15.1. The summed E-state index contributed by atoms with van der Waals surface area (Å²) in [5, 5.41) is 3.32. The molecule has 4 nitrogen and oxygen atoms in total. The van der Waals surface area contributed by atoms with Crippen molar-refractivity contribution in [1.29, 1.82) is 0 Å². The van der Waals surface area contributed by atoms with Gasteiger partial charge in [0, 0.05) is 24.7 Å². The predicted molar refractivity (Wildman–Crippen MR) is 101 cm³/mol. The zero-order chi connectivity index (χ0) is 19.2. The number of carbonyl (C=O) groups excluding carboxylic acids is 1. The van der Waals surface area contributed by atoms with E-state index in [0.29, 0.717) is 30.5 Å². The minimum atomic E-state index is -0.304. The quantitative estimate of drug-likeness (QED) is 0.691. The van der Waals surface area contributed by atoms with Crippen LogP contribution >= 0.6 is 0 Å². The summed E-state index contributed by atoms with van der Waals surface area (Å²) in [7, 11) is 0. The molecule has 3 aromatic rings. The SMILES string of the molecule is CCN(CC(=O)NCc1ccc(F)cc1)Cc1ccc(F)c2cccnc12. The van der Waals surface area contributed by atoms with E-state index < -0.39 is 0 Å². The van der Waals surface area contributed by atoms with E-state index in [0.717, 1.165) is 11.1 Å². The monoisotopic (exact) mass is 369 g/mol. The Labute approximate surface area is 156 Å². The van der Waals surface area contributed by atoms with Crippen molar-refractivity contribution in [2.45, 2.75) is 20.0 Å². The van der Waals surface area contributed by atoms with Gasteiger partial charge in [0.15, 0.2) is 0 Å². The molecule has 0 aliphatic heterocycles. The third-order valence-electron chi connectivity index (χ3n) is 4.41. The molecule has 27 heavy (non-hydrogen) atoms. The average Bonchev–Trinajstić information content (AvgIpc) is 2.69. The van der Waals surface area contributed by atoms with Crippen LogP contribution in [0, 0.1) is 11.6 Å². The first-order valence-corrected chi connectivity index (χ1v) is 8.82. The fraction of sp³-hybridized carbons (Fsp3) is 0.238. The Kier molecular flexibility index (Phi) is 6.08. The normalized spacial score (nSPS) is 11.1. The second kappa shape index (κ2) is 8.68. The predicted octanol–water partition coefficient (Wildman–Crippen LogP) is 3.65. The second-order valence-corrected chi connectivity index (χ2v) is 6.31. The molecule has 6 heteroatoms. The Balaban J connectivity index is 1.63. The molecule has 0 fully saturated rings. The molecular weight excluding hydrogens is 348 g/mol. The second-order valence-electron chi connectivity index (χ2n) is 6.31. The number of amides is 1. The molecule has 1 heterocycles. The number of rotatable bonds is 7. The highest BCUT2D eigenvalue weighted by Gasteiger charge is 2.13. The van der Waals surface area contributed by atoms with Gasteiger partial charge in [0.25, 0.3) is 0 Å². The van der Waals surface area contributed by atoms with E-state index in [1.54, 1.807) is 36.5 Å². The van der Waals surface area contributed by atoms with E-state index in [-0.39, 0.29) is 24.1 Å². The maximum atomic E-state index is 13.9. The van der Waals surface area contributed by atoms with Crippen LogP contribution in [0.15, 0.2) is 54.7 Å². The van der Waals surface area contributed by atoms with E-state index in [9.17, 15) is 13.6 Å². The minimum absolute atomic E-state index is 0.124. The number of nitrogens with zero attached hydrogens (tertiary/aromatic N) is 2. The van der Waals surface area contributed by atoms with Gasteiger partial charge in [0.1, 0.15) is 11.6 Å². The Hall–Kier alpha value is -2.86. The summed E-state index contributed by atoms with van der Waals surface area (Å²) in [6, 6.07) is 12.6. The van der Waals surface area contributed by atoms with Crippen molar-refractivity contribution >= 4 is 16.8 Å². The van der Waals surface area contributed by atoms with Crippen molar-refractivity contribution in [3.63, 3.8) is 0 Å². The smallest absolute Gasteiger partial charge is 0.234 e. The molecule has 1 aromatic heterocycles. The summed E-state index contributed by atoms with van der Waals surface area (Å²) >= 11 is 0. The van der Waals surface area contributed by atoms with Crippen LogP contribution in [0.2, 0.25) is 0 Å². The van der Waals surface area contributed by atoms with Gasteiger partial charge in [-0.1, -0.05) is 25.1 Å². The molecule has 0 unspecified atom stereocenters. The molecule has 0 saturated heterocycles. The third kappa shape index (κ3) is 4.86. The molecule has 140 valence electrons. The Morgan fingerprint density at radius 3 is 2.63 bits per heavy atom. The number of halogens is 2. The van der Waals surface area contributed by atoms with Crippen molar-refractivity contribution in [3.05, 3.63) is 77.5 Å². The Morgan fingerprint density at radius 2 is 1.89 bits per heavy atom. The maximum absolute atomic E-state index is 13.9. The van der Waals surface area contributed by atoms with E-state index >= 15 is 0 Å². The molecule has 0 aliphatic rings. The zero-order valence-corrected chi connectivity index (χ0v) is 15.1. The molecule has 1 N–H and O–H groups in total. The maximum Gasteiger partial charge on any atom is 0.234 e. The molecule has 0 spiro atoms. The standard InChI is InChI=1S/C21H21F2N3O/c1-2-26(14-20(27)25-12-15-5-8-17(22)9-6-15)13-16-7-10-19(23)18-4-3-11-24-21(16)18/h3-11H,2,12-14H2,1H3,(H,25,27). The van der Waals surface area contributed by atoms with Gasteiger partial charge in [-0.3, -0.25) is 14.7 Å². The summed E-state index contributed by atoms with van der Waals surface area (Å²) in [6.07, 6.45) is 1.64. The van der Waals surface area contributed by atoms with Crippen molar-refractivity contribution in [3.8, 4) is 0 Å². The summed E-state index contributed by atoms with van der Waals surface area (Å²) in [5.74, 6) is -0.732. The number of carbonyl (C=O) groups is 1. The number of likely N-dealkylation sites (N-methyl/N-ethyl adjacent to an activating group) is 1. The van der Waals surface area contributed by atoms with Gasteiger partial charge in [-0.2, -0.15) is 0 Å². The van der Waals surface area contributed by atoms with Crippen LogP contribution in [0.4, 0.5) is 8.78 Å². The molecule has 0 bridgehead atoms. The topological polar surface area (TPSA) is 45.2 Å². The van der Waals surface area contributed by atoms with Gasteiger partial charge in [0.05, 0.1) is 12.1 Å². The molecule has 3 rings (SSSR count). The van der Waals surface area contributed by atoms with Gasteiger partial charge in [-0.15, -0.1) is 0 Å². The van der Waals surface area contributed by atoms with Crippen molar-refractivity contribution in [2.24, 2.45) is 0 Å². The number of hydrogen-bond acceptors (Lipinski definition) is 3. The molecule has 1 amide bonds. The van der Waals surface area contributed by atoms with E-state index in [4.69, 9.17) is 0 Å². The summed E-state index contributed by atoms with van der Waals surface area (Å²) in [6.45, 7) is 3.68. The van der Waals surface area contributed by atoms with E-state index in [1.165, 1.54) is 18.2 Å². The van der Waals surface area contributed by atoms with Crippen LogP contribution in [0.3, 0.4) is 0 Å². The highest BCUT2D eigenvalue weighted by molar-refractivity contribution is 5.82. The molecular formula is C21H21F2N3O. The minimum Gasteiger partial charge on any atom is -0.351 e. The van der Waals surface area contributed by atoms with Crippen LogP contribution in [-0.2, 0) is 17.9 Å². The number of fused-ring (bicyclic) bond motifs is 1.